The van der Waals surface area contributed by atoms with E-state index in [1.54, 1.807) is 6.20 Å². The molecule has 1 N–H and O–H groups in total. The Labute approximate surface area is 171 Å². The molecule has 3 fully saturated rings. The van der Waals surface area contributed by atoms with Gasteiger partial charge in [0.1, 0.15) is 0 Å². The fourth-order valence-corrected chi connectivity index (χ4v) is 5.06. The number of carbonyl (C=O) groups excluding carboxylic acids is 1. The van der Waals surface area contributed by atoms with Gasteiger partial charge in [-0.25, -0.2) is 9.48 Å². The third-order valence-electron chi connectivity index (χ3n) is 6.36. The number of para-hydroxylation sites is 1. The number of carbonyl (C=O) groups is 1. The molecule has 0 spiro atoms. The van der Waals surface area contributed by atoms with Gasteiger partial charge in [-0.2, -0.15) is 5.10 Å². The fraction of sp³-hybridized carbons (Fsp3) is 0.333. The first kappa shape index (κ1) is 18.0. The molecule has 2 aliphatic heterocycles. The summed E-state index contributed by atoms with van der Waals surface area (Å²) in [7, 11) is 0. The van der Waals surface area contributed by atoms with Crippen molar-refractivity contribution in [3.8, 4) is 5.69 Å². The van der Waals surface area contributed by atoms with Gasteiger partial charge in [0.05, 0.1) is 28.8 Å². The Balaban J connectivity index is 1.44. The summed E-state index contributed by atoms with van der Waals surface area (Å²) >= 11 is 0. The molecule has 5 heteroatoms. The maximum absolute atomic E-state index is 13.3. The quantitative estimate of drug-likeness (QED) is 0.674. The molecule has 0 radical (unpaired) electrons. The van der Waals surface area contributed by atoms with Gasteiger partial charge >= 0.3 is 6.03 Å². The number of rotatable bonds is 4. The molecule has 2 aromatic carbocycles. The smallest absolute Gasteiger partial charge is 0.314 e. The van der Waals surface area contributed by atoms with Crippen LogP contribution >= 0.6 is 0 Å². The lowest BCUT2D eigenvalue weighted by atomic mass is 9.69. The predicted octanol–water partition coefficient (Wildman–Crippen LogP) is 5.15. The maximum atomic E-state index is 13.3. The molecule has 0 atom stereocenters. The van der Waals surface area contributed by atoms with Crippen molar-refractivity contribution in [2.24, 2.45) is 5.92 Å². The molecular weight excluding hydrogens is 360 g/mol. The number of nitrogens with one attached hydrogen (secondary N) is 1. The zero-order valence-corrected chi connectivity index (χ0v) is 16.9. The van der Waals surface area contributed by atoms with Crippen LogP contribution in [0.5, 0.6) is 0 Å². The van der Waals surface area contributed by atoms with E-state index in [0.29, 0.717) is 5.92 Å². The lowest BCUT2D eigenvalue weighted by Crippen LogP contribution is -2.47. The molecular formula is C24H26N4O. The van der Waals surface area contributed by atoms with E-state index < -0.39 is 0 Å². The minimum Gasteiger partial charge on any atom is -0.314 e. The molecule has 3 heterocycles. The standard InChI is InChI=1S/C24H26N4O/c1-17(2)22-21(15-25-28(22)20-11-7-4-8-12-20)26-23(29)27-16-18-13-24(27,14-18)19-9-5-3-6-10-19/h3-12,15,17-18H,13-14,16H2,1-2H3,(H,26,29). The fourth-order valence-electron chi connectivity index (χ4n) is 5.06. The number of aromatic nitrogens is 2. The lowest BCUT2D eigenvalue weighted by Gasteiger charge is -2.42. The van der Waals surface area contributed by atoms with Gasteiger partial charge in [-0.15, -0.1) is 0 Å². The largest absolute Gasteiger partial charge is 0.322 e. The van der Waals surface area contributed by atoms with E-state index in [-0.39, 0.29) is 17.5 Å². The number of urea groups is 1. The average molecular weight is 386 g/mol. The van der Waals surface area contributed by atoms with Crippen LogP contribution in [-0.4, -0.2) is 27.3 Å². The number of fused-ring (bicyclic) bond motifs is 1. The number of amides is 2. The number of nitrogens with zero attached hydrogens (tertiary/aromatic N) is 3. The summed E-state index contributed by atoms with van der Waals surface area (Å²) < 4.78 is 1.93. The Bertz CT molecular complexity index is 1020. The zero-order valence-electron chi connectivity index (χ0n) is 16.9. The van der Waals surface area contributed by atoms with Crippen LogP contribution in [0.25, 0.3) is 5.69 Å². The van der Waals surface area contributed by atoms with Crippen LogP contribution in [0.2, 0.25) is 0 Å². The minimum atomic E-state index is -0.149. The Morgan fingerprint density at radius 3 is 2.38 bits per heavy atom. The Morgan fingerprint density at radius 2 is 1.72 bits per heavy atom. The van der Waals surface area contributed by atoms with Crippen molar-refractivity contribution >= 4 is 11.7 Å². The molecule has 5 nitrogen and oxygen atoms in total. The Morgan fingerprint density at radius 1 is 1.07 bits per heavy atom. The zero-order chi connectivity index (χ0) is 20.0. The van der Waals surface area contributed by atoms with Gasteiger partial charge in [0.2, 0.25) is 0 Å². The molecule has 2 bridgehead atoms. The van der Waals surface area contributed by atoms with Gasteiger partial charge in [-0.3, -0.25) is 0 Å². The molecule has 2 amide bonds. The molecule has 1 aromatic heterocycles. The first-order chi connectivity index (χ1) is 14.1. The maximum Gasteiger partial charge on any atom is 0.322 e. The summed E-state index contributed by atoms with van der Waals surface area (Å²) in [6.45, 7) is 5.08. The Hall–Kier alpha value is -3.08. The second kappa shape index (κ2) is 6.76. The summed E-state index contributed by atoms with van der Waals surface area (Å²) in [6, 6.07) is 20.5. The second-order valence-electron chi connectivity index (χ2n) is 8.56. The van der Waals surface area contributed by atoms with Crippen molar-refractivity contribution in [3.05, 3.63) is 78.1 Å². The van der Waals surface area contributed by atoms with Crippen molar-refractivity contribution in [2.45, 2.75) is 38.1 Å². The number of benzene rings is 2. The molecule has 1 saturated carbocycles. The number of hydrogen-bond donors (Lipinski definition) is 1. The van der Waals surface area contributed by atoms with Crippen LogP contribution in [0.1, 0.15) is 43.9 Å². The van der Waals surface area contributed by atoms with Crippen molar-refractivity contribution in [1.29, 1.82) is 0 Å². The lowest BCUT2D eigenvalue weighted by molar-refractivity contribution is 0.129. The highest BCUT2D eigenvalue weighted by atomic mass is 16.2. The molecule has 3 aromatic rings. The van der Waals surface area contributed by atoms with Crippen LogP contribution < -0.4 is 5.32 Å². The van der Waals surface area contributed by atoms with Gasteiger partial charge in [0.15, 0.2) is 0 Å². The van der Waals surface area contributed by atoms with E-state index in [9.17, 15) is 4.79 Å². The van der Waals surface area contributed by atoms with Crippen LogP contribution in [0.3, 0.4) is 0 Å². The molecule has 1 aliphatic carbocycles. The molecule has 3 aliphatic rings. The van der Waals surface area contributed by atoms with Gasteiger partial charge in [-0.05, 0) is 42.4 Å². The van der Waals surface area contributed by atoms with Crippen molar-refractivity contribution < 1.29 is 4.79 Å². The molecule has 2 saturated heterocycles. The monoisotopic (exact) mass is 386 g/mol. The van der Waals surface area contributed by atoms with Crippen molar-refractivity contribution in [3.63, 3.8) is 0 Å². The average Bonchev–Trinajstić information content (AvgIpc) is 3.40. The summed E-state index contributed by atoms with van der Waals surface area (Å²) in [5, 5.41) is 7.75. The summed E-state index contributed by atoms with van der Waals surface area (Å²) in [5.74, 6) is 0.834. The second-order valence-corrected chi connectivity index (χ2v) is 8.56. The van der Waals surface area contributed by atoms with Crippen molar-refractivity contribution in [2.75, 3.05) is 11.9 Å². The first-order valence-electron chi connectivity index (χ1n) is 10.4. The molecule has 29 heavy (non-hydrogen) atoms. The summed E-state index contributed by atoms with van der Waals surface area (Å²) in [5.41, 5.74) is 3.91. The summed E-state index contributed by atoms with van der Waals surface area (Å²) in [4.78, 5) is 15.4. The SMILES string of the molecule is CC(C)c1c(NC(=O)N2CC3CC2(c2ccccc2)C3)cnn1-c1ccccc1. The van der Waals surface area contributed by atoms with Crippen LogP contribution in [0, 0.1) is 5.92 Å². The highest BCUT2D eigenvalue weighted by molar-refractivity contribution is 5.91. The van der Waals surface area contributed by atoms with Gasteiger partial charge < -0.3 is 10.2 Å². The van der Waals surface area contributed by atoms with Crippen LogP contribution in [0.15, 0.2) is 66.9 Å². The predicted molar refractivity (Wildman–Crippen MR) is 114 cm³/mol. The van der Waals surface area contributed by atoms with E-state index in [2.05, 4.69) is 48.5 Å². The van der Waals surface area contributed by atoms with Crippen LogP contribution in [0.4, 0.5) is 10.5 Å². The first-order valence-corrected chi connectivity index (χ1v) is 10.4. The normalized spacial score (nSPS) is 22.6. The van der Waals surface area contributed by atoms with Gasteiger partial charge in [0, 0.05) is 6.54 Å². The van der Waals surface area contributed by atoms with Crippen molar-refractivity contribution in [1.82, 2.24) is 14.7 Å². The van der Waals surface area contributed by atoms with E-state index >= 15 is 0 Å². The van der Waals surface area contributed by atoms with Crippen LogP contribution in [-0.2, 0) is 5.54 Å². The van der Waals surface area contributed by atoms with E-state index in [1.807, 2.05) is 46.0 Å². The molecule has 0 unspecified atom stereocenters. The van der Waals surface area contributed by atoms with Gasteiger partial charge in [-0.1, -0.05) is 62.4 Å². The Kier molecular flexibility index (Phi) is 4.19. The van der Waals surface area contributed by atoms with E-state index in [1.165, 1.54) is 5.56 Å². The minimum absolute atomic E-state index is 0.0247. The topological polar surface area (TPSA) is 50.2 Å². The highest BCUT2D eigenvalue weighted by Crippen LogP contribution is 2.57. The van der Waals surface area contributed by atoms with Gasteiger partial charge in [0.25, 0.3) is 0 Å². The summed E-state index contributed by atoms with van der Waals surface area (Å²) in [6.07, 6.45) is 3.89. The molecule has 148 valence electrons. The third-order valence-corrected chi connectivity index (χ3v) is 6.36. The molecule has 6 rings (SSSR count). The highest BCUT2D eigenvalue weighted by Gasteiger charge is 2.58. The third kappa shape index (κ3) is 2.84. The van der Waals surface area contributed by atoms with E-state index in [4.69, 9.17) is 0 Å². The number of hydrogen-bond acceptors (Lipinski definition) is 2. The number of anilines is 1. The van der Waals surface area contributed by atoms with E-state index in [0.717, 1.165) is 36.5 Å².